The lowest BCUT2D eigenvalue weighted by Gasteiger charge is -2.19. The van der Waals surface area contributed by atoms with E-state index < -0.39 is 23.6 Å². The number of nitrogens with zero attached hydrogens (tertiary/aromatic N) is 2. The van der Waals surface area contributed by atoms with Gasteiger partial charge in [-0.3, -0.25) is 24.0 Å². The molecule has 190 valence electrons. The highest BCUT2D eigenvalue weighted by Crippen LogP contribution is 2.22. The minimum atomic E-state index is -0.665. The van der Waals surface area contributed by atoms with Crippen LogP contribution in [0, 0.1) is 6.92 Å². The third kappa shape index (κ3) is 7.88. The molecule has 0 aliphatic carbocycles. The second-order valence-corrected chi connectivity index (χ2v) is 9.79. The molecule has 1 fully saturated rings. The van der Waals surface area contributed by atoms with Crippen molar-refractivity contribution in [1.82, 2.24) is 19.8 Å². The molecule has 0 radical (unpaired) electrons. The number of hydrogen-bond donors (Lipinski definition) is 2. The van der Waals surface area contributed by atoms with Crippen LogP contribution in [0.15, 0.2) is 10.9 Å². The van der Waals surface area contributed by atoms with Gasteiger partial charge in [-0.05, 0) is 66.4 Å². The first-order chi connectivity index (χ1) is 16.0. The van der Waals surface area contributed by atoms with Crippen molar-refractivity contribution >= 4 is 24.0 Å². The molecule has 2 rings (SSSR count). The second-order valence-electron chi connectivity index (χ2n) is 9.79. The Kier molecular flexibility index (Phi) is 10.1. The molecule has 1 unspecified atom stereocenters. The zero-order valence-corrected chi connectivity index (χ0v) is 21.2. The fourth-order valence-electron chi connectivity index (χ4n) is 4.19. The molecule has 3 amide bonds. The number of rotatable bonds is 10. The van der Waals surface area contributed by atoms with Crippen LogP contribution in [0.1, 0.15) is 96.5 Å². The number of hydrogen-bond acceptors (Lipinski definition) is 5. The summed E-state index contributed by atoms with van der Waals surface area (Å²) in [5.74, 6) is -0.690. The molecule has 2 N–H and O–H groups in total. The van der Waals surface area contributed by atoms with Gasteiger partial charge in [-0.1, -0.05) is 25.3 Å². The van der Waals surface area contributed by atoms with Crippen LogP contribution in [0.5, 0.6) is 0 Å². The topological polar surface area (TPSA) is 111 Å². The van der Waals surface area contributed by atoms with Gasteiger partial charge in [0, 0.05) is 25.2 Å². The van der Waals surface area contributed by atoms with Crippen molar-refractivity contribution in [2.75, 3.05) is 6.54 Å². The molecule has 0 aromatic carbocycles. The third-order valence-electron chi connectivity index (χ3n) is 5.77. The molecular formula is C25H40N4O5. The van der Waals surface area contributed by atoms with Gasteiger partial charge in [0.15, 0.2) is 0 Å². The van der Waals surface area contributed by atoms with E-state index in [1.807, 2.05) is 46.8 Å². The molecule has 1 aliphatic rings. The number of ether oxygens (including phenoxy) is 1. The first kappa shape index (κ1) is 27.4. The Labute approximate surface area is 201 Å². The standard InChI is InChI=1S/C25H40N4O5/c1-6-13-19-18(2)29(20-14-12-15-21(30)27-22(20)31)24(33)28(19)17-11-9-7-8-10-16-26-23(32)34-25(3,4)5/h6,13,20H,7-12,14-17H2,1-5H3,(H,26,32)(H,27,30,31)/b13-6-. The van der Waals surface area contributed by atoms with Crippen LogP contribution in [0.3, 0.4) is 0 Å². The molecule has 34 heavy (non-hydrogen) atoms. The van der Waals surface area contributed by atoms with Gasteiger partial charge >= 0.3 is 11.8 Å². The van der Waals surface area contributed by atoms with Crippen LogP contribution in [0.4, 0.5) is 4.79 Å². The van der Waals surface area contributed by atoms with Crippen molar-refractivity contribution in [3.05, 3.63) is 27.9 Å². The van der Waals surface area contributed by atoms with Gasteiger partial charge in [0.2, 0.25) is 11.8 Å². The maximum atomic E-state index is 13.3. The number of alkyl carbamates (subject to hydrolysis) is 1. The van der Waals surface area contributed by atoms with Gasteiger partial charge in [-0.25, -0.2) is 9.59 Å². The van der Waals surface area contributed by atoms with Crippen molar-refractivity contribution in [3.8, 4) is 0 Å². The number of imidazole rings is 1. The predicted octanol–water partition coefficient (Wildman–Crippen LogP) is 3.83. The van der Waals surface area contributed by atoms with Crippen LogP contribution in [0.25, 0.3) is 6.08 Å². The summed E-state index contributed by atoms with van der Waals surface area (Å²) in [6.07, 6.45) is 9.36. The number of amides is 3. The normalized spacial score (nSPS) is 17.0. The minimum Gasteiger partial charge on any atom is -0.444 e. The van der Waals surface area contributed by atoms with Gasteiger partial charge in [0.1, 0.15) is 11.6 Å². The first-order valence-corrected chi connectivity index (χ1v) is 12.3. The molecule has 1 saturated heterocycles. The Hall–Kier alpha value is -2.84. The van der Waals surface area contributed by atoms with E-state index in [0.717, 1.165) is 43.5 Å². The molecule has 9 nitrogen and oxygen atoms in total. The first-order valence-electron chi connectivity index (χ1n) is 12.3. The van der Waals surface area contributed by atoms with Gasteiger partial charge < -0.3 is 10.1 Å². The van der Waals surface area contributed by atoms with E-state index >= 15 is 0 Å². The molecule has 0 spiro atoms. The smallest absolute Gasteiger partial charge is 0.407 e. The zero-order chi connectivity index (χ0) is 25.3. The molecule has 1 atom stereocenters. The highest BCUT2D eigenvalue weighted by Gasteiger charge is 2.30. The van der Waals surface area contributed by atoms with Crippen LogP contribution in [-0.2, 0) is 20.9 Å². The van der Waals surface area contributed by atoms with Crippen LogP contribution in [0.2, 0.25) is 0 Å². The summed E-state index contributed by atoms with van der Waals surface area (Å²) in [4.78, 5) is 49.2. The van der Waals surface area contributed by atoms with Crippen LogP contribution < -0.4 is 16.3 Å². The molecule has 0 bridgehead atoms. The van der Waals surface area contributed by atoms with E-state index in [9.17, 15) is 19.2 Å². The summed E-state index contributed by atoms with van der Waals surface area (Å²) in [7, 11) is 0. The summed E-state index contributed by atoms with van der Waals surface area (Å²) in [5, 5.41) is 5.17. The number of carbonyl (C=O) groups excluding carboxylic acids is 3. The van der Waals surface area contributed by atoms with Crippen molar-refractivity contribution in [2.24, 2.45) is 0 Å². The highest BCUT2D eigenvalue weighted by molar-refractivity contribution is 5.97. The summed E-state index contributed by atoms with van der Waals surface area (Å²) >= 11 is 0. The summed E-state index contributed by atoms with van der Waals surface area (Å²) < 4.78 is 8.50. The number of aromatic nitrogens is 2. The lowest BCUT2D eigenvalue weighted by Crippen LogP contribution is -2.38. The molecule has 0 saturated carbocycles. The molecule has 1 aromatic heterocycles. The number of carbonyl (C=O) groups is 3. The molecule has 9 heteroatoms. The maximum Gasteiger partial charge on any atom is 0.407 e. The van der Waals surface area contributed by atoms with Gasteiger partial charge in [0.05, 0.1) is 5.69 Å². The van der Waals surface area contributed by atoms with Gasteiger partial charge in [0.25, 0.3) is 0 Å². The Bertz CT molecular complexity index is 952. The van der Waals surface area contributed by atoms with Crippen molar-refractivity contribution in [3.63, 3.8) is 0 Å². The van der Waals surface area contributed by atoms with E-state index in [4.69, 9.17) is 4.74 Å². The predicted molar refractivity (Wildman–Crippen MR) is 131 cm³/mol. The fourth-order valence-corrected chi connectivity index (χ4v) is 4.19. The monoisotopic (exact) mass is 476 g/mol. The quantitative estimate of drug-likeness (QED) is 0.394. The highest BCUT2D eigenvalue weighted by atomic mass is 16.6. The van der Waals surface area contributed by atoms with Gasteiger partial charge in [-0.2, -0.15) is 0 Å². The Morgan fingerprint density at radius 1 is 1.15 bits per heavy atom. The molecule has 1 aliphatic heterocycles. The fraction of sp³-hybridized carbons (Fsp3) is 0.680. The van der Waals surface area contributed by atoms with E-state index in [0.29, 0.717) is 32.4 Å². The SMILES string of the molecule is C/C=C\c1c(C)n(C2CCCC(=O)NC2=O)c(=O)n1CCCCCCCNC(=O)OC(C)(C)C. The third-order valence-corrected chi connectivity index (χ3v) is 5.77. The van der Waals surface area contributed by atoms with Gasteiger partial charge in [-0.15, -0.1) is 0 Å². The van der Waals surface area contributed by atoms with Crippen LogP contribution in [-0.4, -0.2) is 39.2 Å². The number of nitrogens with one attached hydrogen (secondary N) is 2. The molecule has 1 aromatic rings. The van der Waals surface area contributed by atoms with E-state index in [1.54, 1.807) is 9.13 Å². The number of imide groups is 1. The average Bonchev–Trinajstić information content (AvgIpc) is 2.84. The number of allylic oxidation sites excluding steroid dienone is 1. The Morgan fingerprint density at radius 2 is 1.82 bits per heavy atom. The summed E-state index contributed by atoms with van der Waals surface area (Å²) in [6.45, 7) is 10.4. The zero-order valence-electron chi connectivity index (χ0n) is 21.2. The lowest BCUT2D eigenvalue weighted by molar-refractivity contribution is -0.131. The molecular weight excluding hydrogens is 436 g/mol. The minimum absolute atomic E-state index is 0.207. The summed E-state index contributed by atoms with van der Waals surface area (Å²) in [5.41, 5.74) is 0.841. The molecule has 2 heterocycles. The van der Waals surface area contributed by atoms with Crippen molar-refractivity contribution in [2.45, 2.75) is 104 Å². The average molecular weight is 477 g/mol. The van der Waals surface area contributed by atoms with Crippen molar-refractivity contribution < 1.29 is 19.1 Å². The van der Waals surface area contributed by atoms with E-state index in [2.05, 4.69) is 10.6 Å². The van der Waals surface area contributed by atoms with E-state index in [1.165, 1.54) is 0 Å². The lowest BCUT2D eigenvalue weighted by atomic mass is 10.1. The van der Waals surface area contributed by atoms with E-state index in [-0.39, 0.29) is 11.6 Å². The van der Waals surface area contributed by atoms with Crippen molar-refractivity contribution in [1.29, 1.82) is 0 Å². The Balaban J connectivity index is 1.90. The second kappa shape index (κ2) is 12.6. The summed E-state index contributed by atoms with van der Waals surface area (Å²) in [6, 6.07) is -0.665. The largest absolute Gasteiger partial charge is 0.444 e. The number of unbranched alkanes of at least 4 members (excludes halogenated alkanes) is 4. The Morgan fingerprint density at radius 3 is 2.50 bits per heavy atom. The maximum absolute atomic E-state index is 13.3. The van der Waals surface area contributed by atoms with Crippen LogP contribution >= 0.6 is 0 Å².